The molecule has 3 fully saturated rings. The van der Waals surface area contributed by atoms with Gasteiger partial charge in [0.2, 0.25) is 23.6 Å². The number of carbonyl (C=O) groups excluding carboxylic acids is 4. The van der Waals surface area contributed by atoms with E-state index < -0.39 is 62.8 Å². The largest absolute Gasteiger partial charge is 0.497 e. The number of carbonyl (C=O) groups is 4. The lowest BCUT2D eigenvalue weighted by Gasteiger charge is -2.36. The van der Waals surface area contributed by atoms with Gasteiger partial charge in [0.25, 0.3) is 5.91 Å². The predicted molar refractivity (Wildman–Crippen MR) is 193 cm³/mol. The highest BCUT2D eigenvalue weighted by Gasteiger charge is 2.62. The lowest BCUT2D eigenvalue weighted by atomic mass is 9.84. The first-order valence-electron chi connectivity index (χ1n) is 17.9. The Hall–Kier alpha value is -3.98. The zero-order valence-electron chi connectivity index (χ0n) is 31.6. The van der Waals surface area contributed by atoms with E-state index in [1.165, 1.54) is 4.90 Å². The summed E-state index contributed by atoms with van der Waals surface area (Å²) in [7, 11) is -2.86. The molecule has 2 heterocycles. The van der Waals surface area contributed by atoms with Crippen LogP contribution in [0.3, 0.4) is 0 Å². The molecule has 3 aliphatic rings. The molecule has 0 spiro atoms. The first kappa shape index (κ1) is 39.2. The van der Waals surface area contributed by atoms with Gasteiger partial charge in [0.1, 0.15) is 29.5 Å². The van der Waals surface area contributed by atoms with Crippen molar-refractivity contribution in [2.24, 2.45) is 16.7 Å². The Kier molecular flexibility index (Phi) is 10.6. The second-order valence-corrected chi connectivity index (χ2v) is 18.3. The van der Waals surface area contributed by atoms with Crippen molar-refractivity contribution in [3.05, 3.63) is 30.5 Å². The molecule has 2 saturated carbocycles. The van der Waals surface area contributed by atoms with Gasteiger partial charge in [0.05, 0.1) is 19.3 Å². The summed E-state index contributed by atoms with van der Waals surface area (Å²) in [6.07, 6.45) is 2.94. The van der Waals surface area contributed by atoms with Gasteiger partial charge < -0.3 is 25.0 Å². The van der Waals surface area contributed by atoms with Crippen molar-refractivity contribution >= 4 is 44.7 Å². The van der Waals surface area contributed by atoms with Crippen LogP contribution in [0.4, 0.5) is 0 Å². The van der Waals surface area contributed by atoms with Gasteiger partial charge >= 0.3 is 10.3 Å². The molecule has 2 aliphatic carbocycles. The van der Waals surface area contributed by atoms with Gasteiger partial charge in [0, 0.05) is 24.4 Å². The molecular weight excluding hydrogens is 691 g/mol. The van der Waals surface area contributed by atoms with Gasteiger partial charge in [0.15, 0.2) is 0 Å². The van der Waals surface area contributed by atoms with Crippen LogP contribution in [-0.2, 0) is 33.7 Å². The lowest BCUT2D eigenvalue weighted by Crippen LogP contribution is -2.60. The van der Waals surface area contributed by atoms with E-state index in [1.54, 1.807) is 26.3 Å². The molecule has 1 aromatic carbocycles. The summed E-state index contributed by atoms with van der Waals surface area (Å²) in [6, 6.07) is 5.16. The van der Waals surface area contributed by atoms with E-state index in [2.05, 4.69) is 15.6 Å². The van der Waals surface area contributed by atoms with Crippen LogP contribution < -0.4 is 24.8 Å². The number of nitrogens with zero attached hydrogens (tertiary/aromatic N) is 2. The minimum absolute atomic E-state index is 0.00985. The number of hydrogen-bond acceptors (Lipinski definition) is 10. The first-order valence-corrected chi connectivity index (χ1v) is 19.3. The van der Waals surface area contributed by atoms with E-state index in [-0.39, 0.29) is 43.0 Å². The number of rotatable bonds is 13. The smallest absolute Gasteiger partial charge is 0.362 e. The van der Waals surface area contributed by atoms with Crippen LogP contribution in [0.2, 0.25) is 0 Å². The molecule has 1 aliphatic heterocycles. The first-order chi connectivity index (χ1) is 24.1. The van der Waals surface area contributed by atoms with Crippen LogP contribution in [0.25, 0.3) is 10.8 Å². The van der Waals surface area contributed by atoms with Gasteiger partial charge in [-0.05, 0) is 72.6 Å². The molecule has 1 aromatic heterocycles. The standard InChI is InChI=1S/C37H53N5O9S/c1-10-23-19-37(23,33(46)41-52(47,48)51-36(8)14-15-36)40-30(44)27-18-25(50-31-26-12-11-24(49-9)17-22(26)13-16-38-31)21-42(27)32(45)29(35(5,6)7)39-28(43)20-34(2,3)4/h11-13,16-17,23,25,27,29H,10,14-15,18-21H2,1-9H3,(H,39,43)(H,40,44)(H,41,46)/t23?,25-,27?,29?,37-/m1/s1. The Labute approximate surface area is 306 Å². The number of nitrogens with one attached hydrogen (secondary N) is 3. The van der Waals surface area contributed by atoms with Crippen molar-refractivity contribution in [2.75, 3.05) is 13.7 Å². The Balaban J connectivity index is 1.43. The average Bonchev–Trinajstić information content (AvgIpc) is 3.90. The van der Waals surface area contributed by atoms with Crippen molar-refractivity contribution in [3.8, 4) is 11.6 Å². The van der Waals surface area contributed by atoms with Crippen molar-refractivity contribution in [3.63, 3.8) is 0 Å². The van der Waals surface area contributed by atoms with E-state index in [4.69, 9.17) is 13.7 Å². The third-order valence-electron chi connectivity index (χ3n) is 10.0. The van der Waals surface area contributed by atoms with Crippen LogP contribution in [0, 0.1) is 16.7 Å². The fourth-order valence-corrected chi connectivity index (χ4v) is 7.90. The van der Waals surface area contributed by atoms with E-state index in [1.807, 2.05) is 71.4 Å². The third-order valence-corrected chi connectivity index (χ3v) is 11.1. The summed E-state index contributed by atoms with van der Waals surface area (Å²) in [5.41, 5.74) is -3.43. The van der Waals surface area contributed by atoms with Crippen molar-refractivity contribution in [2.45, 2.75) is 123 Å². The number of pyridine rings is 1. The Morgan fingerprint density at radius 1 is 1.08 bits per heavy atom. The molecular formula is C37H53N5O9S. The minimum Gasteiger partial charge on any atom is -0.497 e. The zero-order chi connectivity index (χ0) is 38.4. The van der Waals surface area contributed by atoms with E-state index >= 15 is 0 Å². The van der Waals surface area contributed by atoms with Crippen LogP contribution in [0.1, 0.15) is 93.9 Å². The highest BCUT2D eigenvalue weighted by molar-refractivity contribution is 7.85. The van der Waals surface area contributed by atoms with Crippen molar-refractivity contribution < 1.29 is 41.3 Å². The number of ether oxygens (including phenoxy) is 2. The van der Waals surface area contributed by atoms with Crippen LogP contribution >= 0.6 is 0 Å². The quantitative estimate of drug-likeness (QED) is 0.273. The summed E-state index contributed by atoms with van der Waals surface area (Å²) >= 11 is 0. The molecule has 3 unspecified atom stereocenters. The fourth-order valence-electron chi connectivity index (χ4n) is 6.75. The number of fused-ring (bicyclic) bond motifs is 1. The molecule has 0 bridgehead atoms. The molecule has 0 radical (unpaired) electrons. The molecule has 4 amide bonds. The van der Waals surface area contributed by atoms with Gasteiger partial charge in [-0.15, -0.1) is 0 Å². The molecule has 286 valence electrons. The second-order valence-electron chi connectivity index (χ2n) is 17.0. The van der Waals surface area contributed by atoms with Gasteiger partial charge in [-0.1, -0.05) is 54.9 Å². The monoisotopic (exact) mass is 743 g/mol. The van der Waals surface area contributed by atoms with Gasteiger partial charge in [-0.2, -0.15) is 8.42 Å². The summed E-state index contributed by atoms with van der Waals surface area (Å²) in [6.45, 7) is 14.8. The highest BCUT2D eigenvalue weighted by atomic mass is 32.2. The maximum Gasteiger partial charge on any atom is 0.362 e. The predicted octanol–water partition coefficient (Wildman–Crippen LogP) is 3.77. The fraction of sp³-hybridized carbons (Fsp3) is 0.649. The molecule has 52 heavy (non-hydrogen) atoms. The number of aromatic nitrogens is 1. The number of likely N-dealkylation sites (tertiary alicyclic amines) is 1. The van der Waals surface area contributed by atoms with Crippen molar-refractivity contribution in [1.82, 2.24) is 25.2 Å². The molecule has 14 nitrogen and oxygen atoms in total. The maximum absolute atomic E-state index is 14.5. The lowest BCUT2D eigenvalue weighted by molar-refractivity contribution is -0.144. The van der Waals surface area contributed by atoms with Crippen LogP contribution in [-0.4, -0.2) is 84.9 Å². The summed E-state index contributed by atoms with van der Waals surface area (Å²) in [5.74, 6) is -1.68. The number of hydrogen-bond donors (Lipinski definition) is 3. The average molecular weight is 744 g/mol. The third kappa shape index (κ3) is 8.96. The van der Waals surface area contributed by atoms with Crippen LogP contribution in [0.15, 0.2) is 30.5 Å². The molecule has 1 saturated heterocycles. The van der Waals surface area contributed by atoms with Crippen molar-refractivity contribution in [1.29, 1.82) is 0 Å². The highest BCUT2D eigenvalue weighted by Crippen LogP contribution is 2.47. The Morgan fingerprint density at radius 2 is 1.77 bits per heavy atom. The Bertz CT molecular complexity index is 1830. The van der Waals surface area contributed by atoms with E-state index in [0.29, 0.717) is 36.3 Å². The molecule has 15 heteroatoms. The molecule has 3 N–H and O–H groups in total. The number of methoxy groups -OCH3 is 1. The maximum atomic E-state index is 14.5. The summed E-state index contributed by atoms with van der Waals surface area (Å²) < 4.78 is 44.5. The minimum atomic E-state index is -4.44. The second kappa shape index (κ2) is 14.1. The molecule has 5 rings (SSSR count). The zero-order valence-corrected chi connectivity index (χ0v) is 32.4. The van der Waals surface area contributed by atoms with Gasteiger partial charge in [-0.3, -0.25) is 19.2 Å². The molecule has 2 aromatic rings. The number of amides is 4. The normalized spacial score (nSPS) is 24.5. The van der Waals surface area contributed by atoms with Gasteiger partial charge in [-0.25, -0.2) is 13.9 Å². The number of benzene rings is 1. The topological polar surface area (TPSA) is 182 Å². The molecule has 5 atom stereocenters. The SMILES string of the molecule is CCC1C[C@]1(NC(=O)C1C[C@@H](Oc2nccc3cc(OC)ccc23)CN1C(=O)C(NC(=O)CC(C)(C)C)C(C)(C)C)C(=O)NS(=O)(=O)OC1(C)CC1. The van der Waals surface area contributed by atoms with Crippen LogP contribution in [0.5, 0.6) is 11.6 Å². The van der Waals surface area contributed by atoms with E-state index in [0.717, 1.165) is 5.39 Å². The summed E-state index contributed by atoms with van der Waals surface area (Å²) in [5, 5.41) is 7.28. The Morgan fingerprint density at radius 3 is 2.35 bits per heavy atom. The summed E-state index contributed by atoms with van der Waals surface area (Å²) in [4.78, 5) is 61.4. The van der Waals surface area contributed by atoms with E-state index in [9.17, 15) is 27.6 Å².